The molecule has 0 unspecified atom stereocenters. The number of aromatic nitrogens is 2. The Morgan fingerprint density at radius 2 is 1.71 bits per heavy atom. The van der Waals surface area contributed by atoms with Crippen molar-refractivity contribution in [2.24, 2.45) is 0 Å². The molecule has 1 aromatic heterocycles. The molecular formula is C16H29N5. The zero-order valence-electron chi connectivity index (χ0n) is 13.9. The first-order chi connectivity index (χ1) is 10.2. The molecule has 0 radical (unpaired) electrons. The Morgan fingerprint density at radius 3 is 2.24 bits per heavy atom. The molecule has 1 saturated carbocycles. The van der Waals surface area contributed by atoms with Gasteiger partial charge in [0, 0.05) is 37.7 Å². The monoisotopic (exact) mass is 291 g/mol. The molecule has 0 aliphatic heterocycles. The summed E-state index contributed by atoms with van der Waals surface area (Å²) in [5.74, 6) is 2.85. The van der Waals surface area contributed by atoms with Gasteiger partial charge in [0.05, 0.1) is 0 Å². The Bertz CT molecular complexity index is 456. The van der Waals surface area contributed by atoms with Gasteiger partial charge in [-0.25, -0.2) is 9.97 Å². The summed E-state index contributed by atoms with van der Waals surface area (Å²) in [5.41, 5.74) is 1.12. The average Bonchev–Trinajstić information content (AvgIpc) is 3.32. The Hall–Kier alpha value is -1.36. The molecular weight excluding hydrogens is 262 g/mol. The van der Waals surface area contributed by atoms with Crippen LogP contribution < -0.4 is 10.6 Å². The summed E-state index contributed by atoms with van der Waals surface area (Å²) in [6.45, 7) is 9.29. The predicted molar refractivity (Wildman–Crippen MR) is 89.1 cm³/mol. The number of rotatable bonds is 9. The molecule has 0 spiro atoms. The van der Waals surface area contributed by atoms with Gasteiger partial charge in [-0.15, -0.1) is 0 Å². The minimum atomic E-state index is 0.811. The maximum Gasteiger partial charge on any atom is 0.134 e. The van der Waals surface area contributed by atoms with Crippen molar-refractivity contribution in [1.82, 2.24) is 14.9 Å². The van der Waals surface area contributed by atoms with E-state index in [1.54, 1.807) is 0 Å². The largest absolute Gasteiger partial charge is 0.370 e. The van der Waals surface area contributed by atoms with Crippen molar-refractivity contribution >= 4 is 11.6 Å². The van der Waals surface area contributed by atoms with Crippen LogP contribution in [0.3, 0.4) is 0 Å². The summed E-state index contributed by atoms with van der Waals surface area (Å²) >= 11 is 0. The van der Waals surface area contributed by atoms with Gasteiger partial charge in [-0.3, -0.25) is 0 Å². The van der Waals surface area contributed by atoms with Crippen LogP contribution in [0.1, 0.15) is 44.5 Å². The number of hydrogen-bond acceptors (Lipinski definition) is 5. The second-order valence-electron chi connectivity index (χ2n) is 5.88. The maximum atomic E-state index is 4.64. The molecule has 0 aromatic carbocycles. The van der Waals surface area contributed by atoms with E-state index in [4.69, 9.17) is 0 Å². The van der Waals surface area contributed by atoms with Crippen molar-refractivity contribution in [3.63, 3.8) is 0 Å². The van der Waals surface area contributed by atoms with Crippen LogP contribution in [0.15, 0.2) is 0 Å². The Labute approximate surface area is 128 Å². The van der Waals surface area contributed by atoms with E-state index in [0.29, 0.717) is 0 Å². The van der Waals surface area contributed by atoms with Gasteiger partial charge in [-0.05, 0) is 33.2 Å². The zero-order chi connectivity index (χ0) is 15.2. The minimum Gasteiger partial charge on any atom is -0.370 e. The molecule has 1 aliphatic carbocycles. The predicted octanol–water partition coefficient (Wildman–Crippen LogP) is 2.68. The number of nitrogens with zero attached hydrogens (tertiary/aromatic N) is 3. The van der Waals surface area contributed by atoms with E-state index >= 15 is 0 Å². The van der Waals surface area contributed by atoms with E-state index in [1.807, 2.05) is 0 Å². The molecule has 118 valence electrons. The molecule has 1 aliphatic rings. The fraction of sp³-hybridized carbons (Fsp3) is 0.750. The molecule has 5 heteroatoms. The first kappa shape index (κ1) is 16.0. The van der Waals surface area contributed by atoms with Crippen LogP contribution in [0, 0.1) is 6.92 Å². The van der Waals surface area contributed by atoms with Crippen LogP contribution in [-0.2, 0) is 6.42 Å². The number of likely N-dealkylation sites (N-methyl/N-ethyl adjacent to an activating group) is 1. The Balaban J connectivity index is 1.98. The van der Waals surface area contributed by atoms with E-state index in [0.717, 1.165) is 61.5 Å². The fourth-order valence-electron chi connectivity index (χ4n) is 2.36. The van der Waals surface area contributed by atoms with Gasteiger partial charge < -0.3 is 15.5 Å². The van der Waals surface area contributed by atoms with E-state index in [2.05, 4.69) is 53.3 Å². The third kappa shape index (κ3) is 4.56. The third-order valence-corrected chi connectivity index (χ3v) is 3.98. The van der Waals surface area contributed by atoms with Crippen molar-refractivity contribution in [3.8, 4) is 0 Å². The highest BCUT2D eigenvalue weighted by molar-refractivity contribution is 5.57. The molecule has 2 rings (SSSR count). The smallest absolute Gasteiger partial charge is 0.134 e. The number of nitrogens with one attached hydrogen (secondary N) is 2. The molecule has 0 amide bonds. The molecule has 0 bridgehead atoms. The summed E-state index contributed by atoms with van der Waals surface area (Å²) in [5, 5.41) is 6.89. The van der Waals surface area contributed by atoms with Gasteiger partial charge in [0.25, 0.3) is 0 Å². The molecule has 2 N–H and O–H groups in total. The fourth-order valence-corrected chi connectivity index (χ4v) is 2.36. The zero-order valence-corrected chi connectivity index (χ0v) is 13.9. The lowest BCUT2D eigenvalue weighted by molar-refractivity contribution is 0.337. The molecule has 1 fully saturated rings. The molecule has 1 aromatic rings. The van der Waals surface area contributed by atoms with Crippen LogP contribution in [0.4, 0.5) is 11.6 Å². The molecule has 1 heterocycles. The quantitative estimate of drug-likeness (QED) is 0.732. The summed E-state index contributed by atoms with van der Waals surface area (Å²) in [7, 11) is 2.21. The van der Waals surface area contributed by atoms with Gasteiger partial charge in [0.1, 0.15) is 17.5 Å². The second kappa shape index (κ2) is 7.59. The van der Waals surface area contributed by atoms with Crippen LogP contribution in [0.5, 0.6) is 0 Å². The maximum absolute atomic E-state index is 4.64. The lowest BCUT2D eigenvalue weighted by Gasteiger charge is -2.18. The van der Waals surface area contributed by atoms with E-state index in [-0.39, 0.29) is 0 Å². The third-order valence-electron chi connectivity index (χ3n) is 3.98. The number of anilines is 2. The van der Waals surface area contributed by atoms with Crippen LogP contribution in [0.25, 0.3) is 0 Å². The van der Waals surface area contributed by atoms with E-state index in [1.165, 1.54) is 12.8 Å². The highest BCUT2D eigenvalue weighted by Crippen LogP contribution is 2.25. The summed E-state index contributed by atoms with van der Waals surface area (Å²) < 4.78 is 0. The lowest BCUT2D eigenvalue weighted by Crippen LogP contribution is -2.27. The van der Waals surface area contributed by atoms with Gasteiger partial charge in [0.2, 0.25) is 0 Å². The minimum absolute atomic E-state index is 0.811. The van der Waals surface area contributed by atoms with Crippen LogP contribution in [-0.4, -0.2) is 47.6 Å². The van der Waals surface area contributed by atoms with Crippen molar-refractivity contribution < 1.29 is 0 Å². The number of aryl methyl sites for hydroxylation is 1. The van der Waals surface area contributed by atoms with Crippen molar-refractivity contribution in [1.29, 1.82) is 0 Å². The first-order valence-electron chi connectivity index (χ1n) is 8.21. The highest BCUT2D eigenvalue weighted by Gasteiger charge is 2.25. The summed E-state index contributed by atoms with van der Waals surface area (Å²) in [4.78, 5) is 11.7. The molecule has 0 atom stereocenters. The lowest BCUT2D eigenvalue weighted by atomic mass is 10.2. The topological polar surface area (TPSA) is 53.1 Å². The number of hydrogen-bond donors (Lipinski definition) is 2. The van der Waals surface area contributed by atoms with Crippen LogP contribution >= 0.6 is 0 Å². The van der Waals surface area contributed by atoms with Gasteiger partial charge in [0.15, 0.2) is 0 Å². The van der Waals surface area contributed by atoms with Crippen LogP contribution in [0.2, 0.25) is 0 Å². The van der Waals surface area contributed by atoms with Crippen molar-refractivity contribution in [3.05, 3.63) is 11.4 Å². The van der Waals surface area contributed by atoms with E-state index < -0.39 is 0 Å². The Kier molecular flexibility index (Phi) is 5.79. The van der Waals surface area contributed by atoms with E-state index in [9.17, 15) is 0 Å². The van der Waals surface area contributed by atoms with Crippen molar-refractivity contribution in [2.45, 2.75) is 52.5 Å². The van der Waals surface area contributed by atoms with Crippen molar-refractivity contribution in [2.75, 3.05) is 37.3 Å². The van der Waals surface area contributed by atoms with Gasteiger partial charge in [-0.2, -0.15) is 0 Å². The average molecular weight is 291 g/mol. The molecule has 0 saturated heterocycles. The summed E-state index contributed by atoms with van der Waals surface area (Å²) in [6.07, 6.45) is 4.67. The molecule has 21 heavy (non-hydrogen) atoms. The summed E-state index contributed by atoms with van der Waals surface area (Å²) in [6, 6.07) is 0.811. The Morgan fingerprint density at radius 1 is 1.10 bits per heavy atom. The van der Waals surface area contributed by atoms with Gasteiger partial charge in [-0.1, -0.05) is 13.8 Å². The standard InChI is InChI=1S/C16H29N5/c1-5-9-17-15-12(3)16(20-14(6-2)19-15)18-10-11-21(4)13-7-8-13/h13H,5-11H2,1-4H3,(H2,17,18,19,20). The normalized spacial score (nSPS) is 14.5. The first-order valence-corrected chi connectivity index (χ1v) is 8.21. The van der Waals surface area contributed by atoms with Gasteiger partial charge >= 0.3 is 0 Å². The highest BCUT2D eigenvalue weighted by atomic mass is 15.2. The SMILES string of the molecule is CCCNc1nc(CC)nc(NCCN(C)C2CC2)c1C. The molecule has 5 nitrogen and oxygen atoms in total. The second-order valence-corrected chi connectivity index (χ2v) is 5.88.